The minimum atomic E-state index is -0.480. The third kappa shape index (κ3) is 6.34. The van der Waals surface area contributed by atoms with Crippen molar-refractivity contribution in [1.82, 2.24) is 0 Å². The predicted octanol–water partition coefficient (Wildman–Crippen LogP) is 3.94. The van der Waals surface area contributed by atoms with Crippen LogP contribution in [0.2, 0.25) is 0 Å². The third-order valence-electron chi connectivity index (χ3n) is 4.27. The molecule has 1 amide bonds. The second-order valence-electron chi connectivity index (χ2n) is 6.48. The Balaban J connectivity index is 1.47. The summed E-state index contributed by atoms with van der Waals surface area (Å²) in [7, 11) is 1.55. The molecular weight excluding hydrogens is 396 g/mol. The van der Waals surface area contributed by atoms with Crippen LogP contribution in [-0.4, -0.2) is 25.6 Å². The Morgan fingerprint density at radius 2 is 1.71 bits per heavy atom. The molecule has 0 radical (unpaired) electrons. The number of hydrogen-bond donors (Lipinski definition) is 1. The minimum Gasteiger partial charge on any atom is -0.497 e. The molecule has 0 aromatic heterocycles. The molecule has 7 nitrogen and oxygen atoms in total. The number of anilines is 1. The summed E-state index contributed by atoms with van der Waals surface area (Å²) in [6.45, 7) is -0.0765. The number of amides is 1. The molecule has 3 aromatic carbocycles. The lowest BCUT2D eigenvalue weighted by Crippen LogP contribution is -2.20. The maximum absolute atomic E-state index is 12.2. The van der Waals surface area contributed by atoms with Crippen LogP contribution in [-0.2, 0) is 16.1 Å². The first-order valence-corrected chi connectivity index (χ1v) is 9.40. The Morgan fingerprint density at radius 1 is 0.968 bits per heavy atom. The van der Waals surface area contributed by atoms with E-state index in [-0.39, 0.29) is 19.1 Å². The monoisotopic (exact) mass is 416 g/mol. The van der Waals surface area contributed by atoms with Crippen molar-refractivity contribution in [3.63, 3.8) is 0 Å². The first-order valence-electron chi connectivity index (χ1n) is 9.40. The molecule has 0 saturated heterocycles. The number of ether oxygens (including phenoxy) is 3. The van der Waals surface area contributed by atoms with Gasteiger partial charge in [-0.05, 0) is 54.1 Å². The Labute approximate surface area is 179 Å². The van der Waals surface area contributed by atoms with Crippen LogP contribution in [0.4, 0.5) is 5.69 Å². The fourth-order valence-electron chi connectivity index (χ4n) is 2.64. The zero-order valence-electron chi connectivity index (χ0n) is 16.8. The first kappa shape index (κ1) is 21.4. The van der Waals surface area contributed by atoms with Crippen LogP contribution >= 0.6 is 0 Å². The van der Waals surface area contributed by atoms with E-state index in [1.165, 1.54) is 0 Å². The van der Waals surface area contributed by atoms with Gasteiger partial charge in [-0.25, -0.2) is 4.79 Å². The smallest absolute Gasteiger partial charge is 0.338 e. The first-order chi connectivity index (χ1) is 15.1. The number of nitrogens with one attached hydrogen (secondary N) is 1. The van der Waals surface area contributed by atoms with E-state index in [1.807, 2.05) is 6.07 Å². The van der Waals surface area contributed by atoms with Gasteiger partial charge < -0.3 is 19.5 Å². The Kier molecular flexibility index (Phi) is 7.22. The highest BCUT2D eigenvalue weighted by atomic mass is 16.5. The molecule has 0 aliphatic heterocycles. The third-order valence-corrected chi connectivity index (χ3v) is 4.27. The van der Waals surface area contributed by atoms with Crippen LogP contribution in [0.3, 0.4) is 0 Å². The molecule has 0 unspecified atom stereocenters. The summed E-state index contributed by atoms with van der Waals surface area (Å²) in [4.78, 5) is 24.2. The number of benzene rings is 3. The number of nitrogens with zero attached hydrogens (tertiary/aromatic N) is 1. The van der Waals surface area contributed by atoms with E-state index in [1.54, 1.807) is 79.9 Å². The minimum absolute atomic E-state index is 0.104. The maximum Gasteiger partial charge on any atom is 0.338 e. The van der Waals surface area contributed by atoms with Crippen LogP contribution in [0.15, 0.2) is 72.8 Å². The topological polar surface area (TPSA) is 97.7 Å². The number of rotatable bonds is 8. The molecule has 0 spiro atoms. The van der Waals surface area contributed by atoms with Gasteiger partial charge >= 0.3 is 5.97 Å². The van der Waals surface area contributed by atoms with Gasteiger partial charge in [0.1, 0.15) is 18.1 Å². The molecule has 3 aromatic rings. The van der Waals surface area contributed by atoms with Crippen molar-refractivity contribution in [1.29, 1.82) is 5.26 Å². The molecule has 31 heavy (non-hydrogen) atoms. The average Bonchev–Trinajstić information content (AvgIpc) is 2.82. The van der Waals surface area contributed by atoms with E-state index in [2.05, 4.69) is 5.32 Å². The number of carbonyl (C=O) groups is 2. The zero-order valence-corrected chi connectivity index (χ0v) is 16.8. The average molecular weight is 416 g/mol. The van der Waals surface area contributed by atoms with E-state index in [0.29, 0.717) is 28.3 Å². The van der Waals surface area contributed by atoms with E-state index in [4.69, 9.17) is 19.5 Å². The number of carbonyl (C=O) groups excluding carboxylic acids is 2. The largest absolute Gasteiger partial charge is 0.497 e. The SMILES string of the molecule is COc1cccc(NC(=O)COc2ccc(C(=O)OCc3ccc(C#N)cc3)cc2)c1. The Morgan fingerprint density at radius 3 is 2.39 bits per heavy atom. The fraction of sp³-hybridized carbons (Fsp3) is 0.125. The fourth-order valence-corrected chi connectivity index (χ4v) is 2.64. The molecule has 156 valence electrons. The molecule has 1 N–H and O–H groups in total. The number of hydrogen-bond acceptors (Lipinski definition) is 6. The summed E-state index contributed by atoms with van der Waals surface area (Å²) >= 11 is 0. The summed E-state index contributed by atoms with van der Waals surface area (Å²) in [6.07, 6.45) is 0. The molecule has 0 aliphatic carbocycles. The molecule has 0 heterocycles. The summed E-state index contributed by atoms with van der Waals surface area (Å²) in [5.41, 5.74) is 2.30. The van der Waals surface area contributed by atoms with Crippen LogP contribution in [0.5, 0.6) is 11.5 Å². The van der Waals surface area contributed by atoms with Gasteiger partial charge in [0.15, 0.2) is 6.61 Å². The lowest BCUT2D eigenvalue weighted by Gasteiger charge is -2.09. The number of methoxy groups -OCH3 is 1. The van der Waals surface area contributed by atoms with E-state index < -0.39 is 5.97 Å². The van der Waals surface area contributed by atoms with Gasteiger partial charge in [-0.1, -0.05) is 18.2 Å². The van der Waals surface area contributed by atoms with Crippen LogP contribution in [0.1, 0.15) is 21.5 Å². The van der Waals surface area contributed by atoms with Gasteiger partial charge in [0, 0.05) is 11.8 Å². The van der Waals surface area contributed by atoms with Crippen molar-refractivity contribution in [3.05, 3.63) is 89.5 Å². The molecule has 0 atom stereocenters. The number of esters is 1. The standard InChI is InChI=1S/C24H20N2O5/c1-29-22-4-2-3-20(13-22)26-23(27)16-30-21-11-9-19(10-12-21)24(28)31-15-18-7-5-17(14-25)6-8-18/h2-13H,15-16H2,1H3,(H,26,27). The molecule has 3 rings (SSSR count). The van der Waals surface area contributed by atoms with Gasteiger partial charge in [-0.2, -0.15) is 5.26 Å². The molecule has 0 saturated carbocycles. The summed E-state index contributed by atoms with van der Waals surface area (Å²) in [5, 5.41) is 11.5. The molecular formula is C24H20N2O5. The number of nitriles is 1. The normalized spacial score (nSPS) is 9.94. The van der Waals surface area contributed by atoms with Gasteiger partial charge in [-0.3, -0.25) is 4.79 Å². The van der Waals surface area contributed by atoms with Gasteiger partial charge in [0.25, 0.3) is 5.91 Å². The predicted molar refractivity (Wildman–Crippen MR) is 114 cm³/mol. The highest BCUT2D eigenvalue weighted by Crippen LogP contribution is 2.17. The van der Waals surface area contributed by atoms with Crippen molar-refractivity contribution in [3.8, 4) is 17.6 Å². The summed E-state index contributed by atoms with van der Waals surface area (Å²) < 4.78 is 15.9. The molecule has 0 aliphatic rings. The van der Waals surface area contributed by atoms with Crippen molar-refractivity contribution in [2.45, 2.75) is 6.61 Å². The highest BCUT2D eigenvalue weighted by molar-refractivity contribution is 5.92. The second kappa shape index (κ2) is 10.5. The quantitative estimate of drug-likeness (QED) is 0.559. The van der Waals surface area contributed by atoms with E-state index >= 15 is 0 Å². The van der Waals surface area contributed by atoms with Crippen LogP contribution in [0, 0.1) is 11.3 Å². The Hall–Kier alpha value is -4.31. The summed E-state index contributed by atoms with van der Waals surface area (Å²) in [5.74, 6) is 0.288. The van der Waals surface area contributed by atoms with E-state index in [9.17, 15) is 9.59 Å². The lowest BCUT2D eigenvalue weighted by molar-refractivity contribution is -0.118. The lowest BCUT2D eigenvalue weighted by atomic mass is 10.1. The van der Waals surface area contributed by atoms with Crippen LogP contribution in [0.25, 0.3) is 0 Å². The van der Waals surface area contributed by atoms with Crippen molar-refractivity contribution < 1.29 is 23.8 Å². The van der Waals surface area contributed by atoms with E-state index in [0.717, 1.165) is 5.56 Å². The van der Waals surface area contributed by atoms with Crippen molar-refractivity contribution in [2.75, 3.05) is 19.0 Å². The summed E-state index contributed by atoms with van der Waals surface area (Å²) in [6, 6.07) is 22.2. The zero-order chi connectivity index (χ0) is 22.1. The molecule has 7 heteroatoms. The van der Waals surface area contributed by atoms with Gasteiger partial charge in [0.05, 0.1) is 24.3 Å². The Bertz CT molecular complexity index is 1090. The maximum atomic E-state index is 12.2. The van der Waals surface area contributed by atoms with Gasteiger partial charge in [0.2, 0.25) is 0 Å². The molecule has 0 bridgehead atoms. The van der Waals surface area contributed by atoms with Crippen LogP contribution < -0.4 is 14.8 Å². The van der Waals surface area contributed by atoms with Crippen molar-refractivity contribution >= 4 is 17.6 Å². The van der Waals surface area contributed by atoms with Gasteiger partial charge in [-0.15, -0.1) is 0 Å². The second-order valence-corrected chi connectivity index (χ2v) is 6.48. The highest BCUT2D eigenvalue weighted by Gasteiger charge is 2.09. The van der Waals surface area contributed by atoms with Crippen molar-refractivity contribution in [2.24, 2.45) is 0 Å². The molecule has 0 fully saturated rings.